The summed E-state index contributed by atoms with van der Waals surface area (Å²) in [6.45, 7) is 4.97. The van der Waals surface area contributed by atoms with Gasteiger partial charge in [-0.25, -0.2) is 0 Å². The fraction of sp³-hybridized carbons (Fsp3) is 0.615. The zero-order valence-corrected chi connectivity index (χ0v) is 21.1. The number of amides is 1. The molecular weight excluding hydrogens is 458 g/mol. The Kier molecular flexibility index (Phi) is 10.5. The Hall–Kier alpha value is -2.98. The summed E-state index contributed by atoms with van der Waals surface area (Å²) in [5.41, 5.74) is 0.649. The average molecular weight is 498 g/mol. The van der Waals surface area contributed by atoms with Crippen LogP contribution >= 0.6 is 0 Å². The molecule has 0 bridgehead atoms. The quantitative estimate of drug-likeness (QED) is 0.339. The minimum atomic E-state index is -0.0927. The van der Waals surface area contributed by atoms with Gasteiger partial charge in [0.2, 0.25) is 17.8 Å². The highest BCUT2D eigenvalue weighted by Gasteiger charge is 2.19. The molecule has 1 aliphatic carbocycles. The van der Waals surface area contributed by atoms with Crippen molar-refractivity contribution in [3.05, 3.63) is 35.9 Å². The minimum absolute atomic E-state index is 0.0927. The first-order valence-electron chi connectivity index (χ1n) is 13.3. The van der Waals surface area contributed by atoms with Crippen LogP contribution in [0.2, 0.25) is 0 Å². The lowest BCUT2D eigenvalue weighted by atomic mass is 10.1. The molecule has 2 heterocycles. The predicted molar refractivity (Wildman–Crippen MR) is 141 cm³/mol. The second kappa shape index (κ2) is 14.5. The third-order valence-corrected chi connectivity index (χ3v) is 6.42. The van der Waals surface area contributed by atoms with E-state index in [2.05, 4.69) is 30.8 Å². The van der Waals surface area contributed by atoms with Crippen molar-refractivity contribution in [3.8, 4) is 0 Å². The molecule has 1 aliphatic heterocycles. The Morgan fingerprint density at radius 2 is 1.53 bits per heavy atom. The molecule has 3 N–H and O–H groups in total. The number of carbonyl (C=O) groups excluding carboxylic acids is 1. The van der Waals surface area contributed by atoms with Gasteiger partial charge in [0, 0.05) is 37.8 Å². The van der Waals surface area contributed by atoms with Crippen molar-refractivity contribution in [1.29, 1.82) is 0 Å². The maximum Gasteiger partial charge on any atom is 0.251 e. The standard InChI is InChI=1S/C26H39N7O3/c34-23(21-9-3-1-4-10-21)27-13-17-35-19-20-36-18-14-28-24-30-25(29-22-11-5-6-12-22)32-26(31-24)33-15-7-2-8-16-33/h1,3-4,9-10,22H,2,5-8,11-20H2,(H,27,34)(H2,28,29,30,31,32). The van der Waals surface area contributed by atoms with E-state index < -0.39 is 0 Å². The molecule has 2 aromatic rings. The second-order valence-corrected chi connectivity index (χ2v) is 9.23. The number of carbonyl (C=O) groups is 1. The van der Waals surface area contributed by atoms with Gasteiger partial charge >= 0.3 is 0 Å². The topological polar surface area (TPSA) is 114 Å². The molecule has 1 amide bonds. The van der Waals surface area contributed by atoms with E-state index in [-0.39, 0.29) is 5.91 Å². The minimum Gasteiger partial charge on any atom is -0.377 e. The number of anilines is 3. The Morgan fingerprint density at radius 3 is 2.28 bits per heavy atom. The highest BCUT2D eigenvalue weighted by Crippen LogP contribution is 2.23. The summed E-state index contributed by atoms with van der Waals surface area (Å²) >= 11 is 0. The Labute approximate surface area is 213 Å². The van der Waals surface area contributed by atoms with E-state index in [0.29, 0.717) is 63.0 Å². The van der Waals surface area contributed by atoms with Crippen LogP contribution in [0.4, 0.5) is 17.8 Å². The van der Waals surface area contributed by atoms with Crippen molar-refractivity contribution in [2.45, 2.75) is 51.0 Å². The van der Waals surface area contributed by atoms with E-state index in [1.165, 1.54) is 44.9 Å². The Bertz CT molecular complexity index is 919. The molecule has 10 nitrogen and oxygen atoms in total. The van der Waals surface area contributed by atoms with Crippen LogP contribution in [-0.4, -0.2) is 79.5 Å². The molecule has 0 radical (unpaired) electrons. The van der Waals surface area contributed by atoms with Gasteiger partial charge in [0.15, 0.2) is 0 Å². The lowest BCUT2D eigenvalue weighted by Crippen LogP contribution is -2.32. The van der Waals surface area contributed by atoms with Crippen LogP contribution < -0.4 is 20.9 Å². The number of piperidine rings is 1. The highest BCUT2D eigenvalue weighted by atomic mass is 16.5. The maximum atomic E-state index is 12.0. The summed E-state index contributed by atoms with van der Waals surface area (Å²) in [7, 11) is 0. The van der Waals surface area contributed by atoms with Gasteiger partial charge in [-0.2, -0.15) is 15.0 Å². The van der Waals surface area contributed by atoms with Crippen molar-refractivity contribution in [2.75, 3.05) is 68.1 Å². The molecule has 196 valence electrons. The van der Waals surface area contributed by atoms with Crippen LogP contribution in [0.3, 0.4) is 0 Å². The lowest BCUT2D eigenvalue weighted by Gasteiger charge is -2.27. The van der Waals surface area contributed by atoms with Gasteiger partial charge in [0.05, 0.1) is 26.4 Å². The number of benzene rings is 1. The van der Waals surface area contributed by atoms with Gasteiger partial charge in [0.25, 0.3) is 5.91 Å². The first kappa shape index (κ1) is 26.1. The number of aromatic nitrogens is 3. The maximum absolute atomic E-state index is 12.0. The monoisotopic (exact) mass is 497 g/mol. The van der Waals surface area contributed by atoms with Crippen LogP contribution in [-0.2, 0) is 9.47 Å². The van der Waals surface area contributed by atoms with E-state index >= 15 is 0 Å². The molecule has 4 rings (SSSR count). The number of ether oxygens (including phenoxy) is 2. The smallest absolute Gasteiger partial charge is 0.251 e. The molecule has 0 atom stereocenters. The fourth-order valence-corrected chi connectivity index (χ4v) is 4.48. The normalized spacial score (nSPS) is 16.2. The van der Waals surface area contributed by atoms with Crippen molar-refractivity contribution in [1.82, 2.24) is 20.3 Å². The Morgan fingerprint density at radius 1 is 0.833 bits per heavy atom. The Balaban J connectivity index is 1.12. The molecule has 36 heavy (non-hydrogen) atoms. The van der Waals surface area contributed by atoms with E-state index in [1.54, 1.807) is 12.1 Å². The molecule has 2 aliphatic rings. The number of hydrogen-bond acceptors (Lipinski definition) is 9. The van der Waals surface area contributed by atoms with E-state index in [9.17, 15) is 4.79 Å². The molecule has 10 heteroatoms. The van der Waals surface area contributed by atoms with Gasteiger partial charge in [-0.15, -0.1) is 0 Å². The number of hydrogen-bond donors (Lipinski definition) is 3. The SMILES string of the molecule is O=C(NCCOCCOCCNc1nc(NC2CCCC2)nc(N2CCCCC2)n1)c1ccccc1. The van der Waals surface area contributed by atoms with Gasteiger partial charge in [-0.3, -0.25) is 4.79 Å². The zero-order valence-electron chi connectivity index (χ0n) is 21.1. The summed E-state index contributed by atoms with van der Waals surface area (Å²) in [6, 6.07) is 9.60. The van der Waals surface area contributed by atoms with Gasteiger partial charge in [-0.05, 0) is 44.2 Å². The van der Waals surface area contributed by atoms with Crippen LogP contribution in [0.1, 0.15) is 55.3 Å². The van der Waals surface area contributed by atoms with Crippen LogP contribution in [0.5, 0.6) is 0 Å². The molecule has 0 spiro atoms. The molecule has 1 aromatic heterocycles. The third kappa shape index (κ3) is 8.60. The molecule has 1 saturated carbocycles. The molecule has 2 fully saturated rings. The van der Waals surface area contributed by atoms with E-state index in [0.717, 1.165) is 19.0 Å². The molecule has 1 aromatic carbocycles. The van der Waals surface area contributed by atoms with Gasteiger partial charge in [0.1, 0.15) is 0 Å². The molecule has 0 unspecified atom stereocenters. The molecule has 1 saturated heterocycles. The summed E-state index contributed by atoms with van der Waals surface area (Å²) in [5, 5.41) is 9.64. The molecular formula is C26H39N7O3. The largest absolute Gasteiger partial charge is 0.377 e. The van der Waals surface area contributed by atoms with Crippen molar-refractivity contribution < 1.29 is 14.3 Å². The van der Waals surface area contributed by atoms with E-state index in [1.807, 2.05) is 18.2 Å². The van der Waals surface area contributed by atoms with Gasteiger partial charge in [-0.1, -0.05) is 31.0 Å². The van der Waals surface area contributed by atoms with Crippen LogP contribution in [0, 0.1) is 0 Å². The number of nitrogens with zero attached hydrogens (tertiary/aromatic N) is 4. The summed E-state index contributed by atoms with van der Waals surface area (Å²) < 4.78 is 11.2. The summed E-state index contributed by atoms with van der Waals surface area (Å²) in [6.07, 6.45) is 8.48. The highest BCUT2D eigenvalue weighted by molar-refractivity contribution is 5.94. The van der Waals surface area contributed by atoms with Gasteiger partial charge < -0.3 is 30.3 Å². The average Bonchev–Trinajstić information content (AvgIpc) is 3.43. The second-order valence-electron chi connectivity index (χ2n) is 9.23. The number of rotatable bonds is 14. The zero-order chi connectivity index (χ0) is 24.8. The van der Waals surface area contributed by atoms with E-state index in [4.69, 9.17) is 14.5 Å². The first-order valence-corrected chi connectivity index (χ1v) is 13.3. The summed E-state index contributed by atoms with van der Waals surface area (Å²) in [4.78, 5) is 28.2. The predicted octanol–water partition coefficient (Wildman–Crippen LogP) is 3.09. The lowest BCUT2D eigenvalue weighted by molar-refractivity contribution is 0.0519. The van der Waals surface area contributed by atoms with Crippen molar-refractivity contribution in [3.63, 3.8) is 0 Å². The third-order valence-electron chi connectivity index (χ3n) is 6.42. The van der Waals surface area contributed by atoms with Crippen molar-refractivity contribution >= 4 is 23.8 Å². The fourth-order valence-electron chi connectivity index (χ4n) is 4.48. The first-order chi connectivity index (χ1) is 17.8. The summed E-state index contributed by atoms with van der Waals surface area (Å²) in [5.74, 6) is 1.90. The number of nitrogens with one attached hydrogen (secondary N) is 3. The van der Waals surface area contributed by atoms with Crippen LogP contribution in [0.25, 0.3) is 0 Å². The van der Waals surface area contributed by atoms with Crippen LogP contribution in [0.15, 0.2) is 30.3 Å². The van der Waals surface area contributed by atoms with Crippen molar-refractivity contribution in [2.24, 2.45) is 0 Å².